The topological polar surface area (TPSA) is 54.0 Å². The summed E-state index contributed by atoms with van der Waals surface area (Å²) < 4.78 is 0. The van der Waals surface area contributed by atoms with Crippen molar-refractivity contribution >= 4 is 11.8 Å². The van der Waals surface area contributed by atoms with Gasteiger partial charge in [0.25, 0.3) is 0 Å². The fourth-order valence-corrected chi connectivity index (χ4v) is 1.52. The van der Waals surface area contributed by atoms with Crippen molar-refractivity contribution in [2.24, 2.45) is 0 Å². The highest BCUT2D eigenvalue weighted by atomic mass is 16.4. The van der Waals surface area contributed by atoms with Crippen molar-refractivity contribution in [3.8, 4) is 0 Å². The monoisotopic (exact) mass is 213 g/mol. The Bertz CT molecular complexity index is 187. The van der Waals surface area contributed by atoms with Crippen LogP contribution in [-0.4, -0.2) is 11.8 Å². The Labute approximate surface area is 91.9 Å². The molecule has 0 spiro atoms. The van der Waals surface area contributed by atoms with Gasteiger partial charge in [0.1, 0.15) is 0 Å². The minimum atomic E-state index is -1.54. The van der Waals surface area contributed by atoms with Gasteiger partial charge in [0.2, 0.25) is 5.78 Å². The van der Waals surface area contributed by atoms with E-state index >= 15 is 0 Å². The minimum Gasteiger partial charge on any atom is -0.287 e. The van der Waals surface area contributed by atoms with Crippen LogP contribution in [0.5, 0.6) is 0 Å². The molecule has 0 aliphatic heterocycles. The van der Waals surface area contributed by atoms with Crippen LogP contribution in [0, 0.1) is 0 Å². The third kappa shape index (κ3) is 9.44. The summed E-state index contributed by atoms with van der Waals surface area (Å²) in [5, 5.41) is 10.1. The maximum absolute atomic E-state index is 10.7. The summed E-state index contributed by atoms with van der Waals surface area (Å²) in [5.74, 6) is -2.31. The molecule has 0 aliphatic carbocycles. The Morgan fingerprint density at radius 1 is 0.800 bits per heavy atom. The second kappa shape index (κ2) is 9.69. The van der Waals surface area contributed by atoms with Crippen LogP contribution in [0.25, 0.3) is 0 Å². The average Bonchev–Trinajstić information content (AvgIpc) is 2.21. The predicted octanol–water partition coefficient (Wildman–Crippen LogP) is 3.04. The Hall–Kier alpha value is -0.860. The lowest BCUT2D eigenvalue weighted by atomic mass is 10.1. The molecule has 0 amide bonds. The maximum Gasteiger partial charge on any atom is 0.421 e. The van der Waals surface area contributed by atoms with Crippen molar-refractivity contribution in [2.75, 3.05) is 0 Å². The summed E-state index contributed by atoms with van der Waals surface area (Å²) in [7, 11) is 0. The minimum absolute atomic E-state index is 0.136. The Balaban J connectivity index is 3.11. The molecule has 1 radical (unpaired) electrons. The van der Waals surface area contributed by atoms with Crippen molar-refractivity contribution < 1.29 is 14.7 Å². The molecule has 0 rings (SSSR count). The molecule has 3 nitrogen and oxygen atoms in total. The molecular weight excluding hydrogens is 192 g/mol. The molecule has 0 unspecified atom stereocenters. The first-order chi connectivity index (χ1) is 7.18. The van der Waals surface area contributed by atoms with E-state index in [4.69, 9.17) is 0 Å². The molecular formula is C12H21O3. The van der Waals surface area contributed by atoms with Gasteiger partial charge in [-0.25, -0.2) is 9.90 Å². The van der Waals surface area contributed by atoms with Crippen LogP contribution >= 0.6 is 0 Å². The first kappa shape index (κ1) is 14.1. The van der Waals surface area contributed by atoms with E-state index in [-0.39, 0.29) is 6.42 Å². The zero-order chi connectivity index (χ0) is 11.5. The van der Waals surface area contributed by atoms with Gasteiger partial charge in [-0.2, -0.15) is 0 Å². The summed E-state index contributed by atoms with van der Waals surface area (Å²) in [6.45, 7) is 2.19. The number of carbonyl (C=O) groups is 2. The highest BCUT2D eigenvalue weighted by Gasteiger charge is 2.11. The van der Waals surface area contributed by atoms with Crippen LogP contribution in [0.2, 0.25) is 0 Å². The van der Waals surface area contributed by atoms with Crippen LogP contribution in [0.1, 0.15) is 64.7 Å². The van der Waals surface area contributed by atoms with Crippen LogP contribution in [0.3, 0.4) is 0 Å². The summed E-state index contributed by atoms with van der Waals surface area (Å²) in [6.07, 6.45) is 9.15. The van der Waals surface area contributed by atoms with Crippen LogP contribution in [0.4, 0.5) is 0 Å². The van der Waals surface area contributed by atoms with Gasteiger partial charge in [0, 0.05) is 6.42 Å². The lowest BCUT2D eigenvalue weighted by molar-refractivity contribution is -0.153. The molecule has 87 valence electrons. The molecule has 0 aromatic carbocycles. The van der Waals surface area contributed by atoms with Crippen molar-refractivity contribution in [2.45, 2.75) is 64.7 Å². The van der Waals surface area contributed by atoms with E-state index in [1.807, 2.05) is 0 Å². The largest absolute Gasteiger partial charge is 0.421 e. The molecule has 0 aliphatic rings. The molecule has 0 aromatic heterocycles. The number of unbranched alkanes of at least 4 members (excludes halogenated alkanes) is 7. The zero-order valence-corrected chi connectivity index (χ0v) is 9.59. The average molecular weight is 213 g/mol. The summed E-state index contributed by atoms with van der Waals surface area (Å²) in [6, 6.07) is 0. The number of ketones is 1. The van der Waals surface area contributed by atoms with E-state index in [9.17, 15) is 14.7 Å². The molecule has 0 heterocycles. The lowest BCUT2D eigenvalue weighted by Gasteiger charge is -1.99. The highest BCUT2D eigenvalue weighted by molar-refractivity contribution is 6.32. The normalized spacial score (nSPS) is 10.2. The summed E-state index contributed by atoms with van der Waals surface area (Å²) in [4.78, 5) is 20.7. The summed E-state index contributed by atoms with van der Waals surface area (Å²) in [5.41, 5.74) is 0. The van der Waals surface area contributed by atoms with Gasteiger partial charge < -0.3 is 0 Å². The molecule has 0 saturated carbocycles. The Kier molecular flexibility index (Phi) is 9.13. The maximum atomic E-state index is 10.7. The smallest absolute Gasteiger partial charge is 0.287 e. The summed E-state index contributed by atoms with van der Waals surface area (Å²) >= 11 is 0. The zero-order valence-electron chi connectivity index (χ0n) is 9.59. The molecule has 0 saturated heterocycles. The molecule has 15 heavy (non-hydrogen) atoms. The number of hydrogen-bond acceptors (Lipinski definition) is 2. The van der Waals surface area contributed by atoms with Gasteiger partial charge in [0.15, 0.2) is 0 Å². The van der Waals surface area contributed by atoms with E-state index < -0.39 is 11.8 Å². The van der Waals surface area contributed by atoms with E-state index in [1.54, 1.807) is 0 Å². The second-order valence-electron chi connectivity index (χ2n) is 3.94. The van der Waals surface area contributed by atoms with Crippen LogP contribution in [0.15, 0.2) is 0 Å². The van der Waals surface area contributed by atoms with Gasteiger partial charge in [-0.3, -0.25) is 4.79 Å². The van der Waals surface area contributed by atoms with Crippen molar-refractivity contribution in [1.82, 2.24) is 0 Å². The fourth-order valence-electron chi connectivity index (χ4n) is 1.52. The van der Waals surface area contributed by atoms with Gasteiger partial charge in [-0.1, -0.05) is 51.9 Å². The third-order valence-electron chi connectivity index (χ3n) is 2.49. The van der Waals surface area contributed by atoms with Crippen molar-refractivity contribution in [3.63, 3.8) is 0 Å². The first-order valence-corrected chi connectivity index (χ1v) is 5.92. The Morgan fingerprint density at radius 3 is 1.73 bits per heavy atom. The third-order valence-corrected chi connectivity index (χ3v) is 2.49. The molecule has 0 bridgehead atoms. The molecule has 0 aromatic rings. The van der Waals surface area contributed by atoms with Crippen molar-refractivity contribution in [3.05, 3.63) is 0 Å². The van der Waals surface area contributed by atoms with Gasteiger partial charge >= 0.3 is 5.97 Å². The quantitative estimate of drug-likeness (QED) is 0.413. The molecule has 0 N–H and O–H groups in total. The van der Waals surface area contributed by atoms with Gasteiger partial charge in [-0.15, -0.1) is 0 Å². The first-order valence-electron chi connectivity index (χ1n) is 5.92. The standard InChI is InChI=1S/C12H21O3/c1-2-3-4-5-6-7-8-9-10-11(13)12(14)15/h2-10H2,1H3. The molecule has 0 fully saturated rings. The SMILES string of the molecule is CCCCCCCCCCC(=O)C([O])=O. The number of hydrogen-bond donors (Lipinski definition) is 0. The van der Waals surface area contributed by atoms with E-state index in [0.29, 0.717) is 6.42 Å². The van der Waals surface area contributed by atoms with Crippen LogP contribution < -0.4 is 0 Å². The van der Waals surface area contributed by atoms with E-state index in [0.717, 1.165) is 12.8 Å². The fraction of sp³-hybridized carbons (Fsp3) is 0.833. The van der Waals surface area contributed by atoms with Gasteiger partial charge in [-0.05, 0) is 6.42 Å². The molecule has 0 atom stereocenters. The Morgan fingerprint density at radius 2 is 1.27 bits per heavy atom. The second-order valence-corrected chi connectivity index (χ2v) is 3.94. The highest BCUT2D eigenvalue weighted by Crippen LogP contribution is 2.09. The van der Waals surface area contributed by atoms with Gasteiger partial charge in [0.05, 0.1) is 0 Å². The number of Topliss-reactive ketones (excluding diaryl/α,β-unsaturated/α-hetero) is 1. The number of rotatable bonds is 10. The van der Waals surface area contributed by atoms with Crippen LogP contribution in [-0.2, 0) is 14.7 Å². The predicted molar refractivity (Wildman–Crippen MR) is 57.9 cm³/mol. The lowest BCUT2D eigenvalue weighted by Crippen LogP contribution is -2.10. The van der Waals surface area contributed by atoms with E-state index in [2.05, 4.69) is 6.92 Å². The van der Waals surface area contributed by atoms with E-state index in [1.165, 1.54) is 32.1 Å². The molecule has 3 heteroatoms. The van der Waals surface area contributed by atoms with Crippen molar-refractivity contribution in [1.29, 1.82) is 0 Å². The number of carbonyl (C=O) groups excluding carboxylic acids is 2.